The van der Waals surface area contributed by atoms with Gasteiger partial charge in [0, 0.05) is 22.4 Å². The Morgan fingerprint density at radius 3 is 2.53 bits per heavy atom. The highest BCUT2D eigenvalue weighted by Crippen LogP contribution is 2.35. The van der Waals surface area contributed by atoms with Crippen molar-refractivity contribution in [2.75, 3.05) is 7.11 Å². The fourth-order valence-electron chi connectivity index (χ4n) is 2.07. The second kappa shape index (κ2) is 6.20. The number of benzene rings is 1. The summed E-state index contributed by atoms with van der Waals surface area (Å²) in [5.41, 5.74) is 0.976. The maximum absolute atomic E-state index is 12.1. The number of ketones is 1. The molecule has 0 aliphatic rings. The van der Waals surface area contributed by atoms with Gasteiger partial charge in [0.05, 0.1) is 7.11 Å². The third-order valence-electron chi connectivity index (χ3n) is 2.89. The highest BCUT2D eigenvalue weighted by molar-refractivity contribution is 9.10. The van der Waals surface area contributed by atoms with Crippen LogP contribution >= 0.6 is 15.9 Å². The summed E-state index contributed by atoms with van der Waals surface area (Å²) in [6.07, 6.45) is 0.554. The van der Waals surface area contributed by atoms with E-state index in [1.165, 1.54) is 0 Å². The molecular formula is C14H19BrO2. The van der Waals surface area contributed by atoms with Gasteiger partial charge in [0.25, 0.3) is 0 Å². The Labute approximate surface area is 111 Å². The number of rotatable bonds is 5. The second-order valence-corrected chi connectivity index (χ2v) is 5.34. The maximum Gasteiger partial charge on any atom is 0.140 e. The first-order valence-corrected chi connectivity index (χ1v) is 6.66. The van der Waals surface area contributed by atoms with Crippen LogP contribution in [0.5, 0.6) is 5.75 Å². The predicted octanol–water partition coefficient (Wildman–Crippen LogP) is 4.18. The molecule has 0 saturated carbocycles. The highest BCUT2D eigenvalue weighted by Gasteiger charge is 2.25. The lowest BCUT2D eigenvalue weighted by Gasteiger charge is -2.22. The van der Waals surface area contributed by atoms with E-state index in [0.29, 0.717) is 6.42 Å². The molecular weight excluding hydrogens is 280 g/mol. The standard InChI is InChI=1S/C14H19BrO2/c1-5-12(16)14(9(2)3)11-8-10(15)6-7-13(11)17-4/h6-9,14H,5H2,1-4H3. The lowest BCUT2D eigenvalue weighted by Crippen LogP contribution is -2.18. The van der Waals surface area contributed by atoms with Crippen molar-refractivity contribution in [2.45, 2.75) is 33.1 Å². The molecule has 1 rings (SSSR count). The van der Waals surface area contributed by atoms with Gasteiger partial charge in [0.2, 0.25) is 0 Å². The molecule has 1 atom stereocenters. The average Bonchev–Trinajstić information content (AvgIpc) is 2.29. The van der Waals surface area contributed by atoms with Crippen LogP contribution < -0.4 is 4.74 Å². The minimum Gasteiger partial charge on any atom is -0.496 e. The summed E-state index contributed by atoms with van der Waals surface area (Å²) < 4.78 is 6.33. The van der Waals surface area contributed by atoms with Gasteiger partial charge in [-0.1, -0.05) is 36.7 Å². The molecule has 0 aliphatic carbocycles. The normalized spacial score (nSPS) is 12.6. The third kappa shape index (κ3) is 3.32. The lowest BCUT2D eigenvalue weighted by atomic mass is 9.83. The van der Waals surface area contributed by atoms with Crippen molar-refractivity contribution in [3.8, 4) is 5.75 Å². The van der Waals surface area contributed by atoms with E-state index in [-0.39, 0.29) is 17.6 Å². The lowest BCUT2D eigenvalue weighted by molar-refractivity contribution is -0.121. The SMILES string of the molecule is CCC(=O)C(c1cc(Br)ccc1OC)C(C)C. The number of Topliss-reactive ketones (excluding diaryl/α,β-unsaturated/α-hetero) is 1. The molecule has 0 fully saturated rings. The second-order valence-electron chi connectivity index (χ2n) is 4.43. The molecule has 0 saturated heterocycles. The quantitative estimate of drug-likeness (QED) is 0.815. The van der Waals surface area contributed by atoms with E-state index in [1.807, 2.05) is 25.1 Å². The fraction of sp³-hybridized carbons (Fsp3) is 0.500. The van der Waals surface area contributed by atoms with E-state index in [2.05, 4.69) is 29.8 Å². The highest BCUT2D eigenvalue weighted by atomic mass is 79.9. The first-order chi connectivity index (χ1) is 8.01. The topological polar surface area (TPSA) is 26.3 Å². The summed E-state index contributed by atoms with van der Waals surface area (Å²) in [4.78, 5) is 12.1. The Bertz CT molecular complexity index is 399. The molecule has 2 nitrogen and oxygen atoms in total. The van der Waals surface area contributed by atoms with E-state index in [9.17, 15) is 4.79 Å². The molecule has 94 valence electrons. The van der Waals surface area contributed by atoms with Crippen LogP contribution in [-0.4, -0.2) is 12.9 Å². The van der Waals surface area contributed by atoms with Gasteiger partial charge in [0.15, 0.2) is 0 Å². The van der Waals surface area contributed by atoms with Crippen molar-refractivity contribution in [3.63, 3.8) is 0 Å². The molecule has 0 amide bonds. The molecule has 0 bridgehead atoms. The van der Waals surface area contributed by atoms with Crippen molar-refractivity contribution in [3.05, 3.63) is 28.2 Å². The van der Waals surface area contributed by atoms with E-state index in [0.717, 1.165) is 15.8 Å². The van der Waals surface area contributed by atoms with Crippen LogP contribution in [0.1, 0.15) is 38.7 Å². The van der Waals surface area contributed by atoms with E-state index in [4.69, 9.17) is 4.74 Å². The minimum absolute atomic E-state index is 0.0903. The van der Waals surface area contributed by atoms with Gasteiger partial charge < -0.3 is 4.74 Å². The smallest absolute Gasteiger partial charge is 0.140 e. The van der Waals surface area contributed by atoms with Crippen LogP contribution in [-0.2, 0) is 4.79 Å². The molecule has 0 radical (unpaired) electrons. The van der Waals surface area contributed by atoms with Gasteiger partial charge in [-0.3, -0.25) is 4.79 Å². The fourth-order valence-corrected chi connectivity index (χ4v) is 2.45. The monoisotopic (exact) mass is 298 g/mol. The first-order valence-electron chi connectivity index (χ1n) is 5.87. The van der Waals surface area contributed by atoms with E-state index < -0.39 is 0 Å². The average molecular weight is 299 g/mol. The van der Waals surface area contributed by atoms with Crippen molar-refractivity contribution in [2.24, 2.45) is 5.92 Å². The molecule has 17 heavy (non-hydrogen) atoms. The zero-order valence-corrected chi connectivity index (χ0v) is 12.4. The van der Waals surface area contributed by atoms with Gasteiger partial charge in [-0.15, -0.1) is 0 Å². The number of halogens is 1. The van der Waals surface area contributed by atoms with Crippen LogP contribution in [0.15, 0.2) is 22.7 Å². The van der Waals surface area contributed by atoms with Crippen molar-refractivity contribution < 1.29 is 9.53 Å². The molecule has 1 unspecified atom stereocenters. The predicted molar refractivity (Wildman–Crippen MR) is 73.6 cm³/mol. The number of hydrogen-bond donors (Lipinski definition) is 0. The number of ether oxygens (including phenoxy) is 1. The zero-order valence-electron chi connectivity index (χ0n) is 10.8. The summed E-state index contributed by atoms with van der Waals surface area (Å²) >= 11 is 3.45. The first kappa shape index (κ1) is 14.2. The van der Waals surface area contributed by atoms with Crippen molar-refractivity contribution in [1.82, 2.24) is 0 Å². The molecule has 0 aliphatic heterocycles. The van der Waals surface area contributed by atoms with Crippen LogP contribution in [0.3, 0.4) is 0 Å². The molecule has 1 aromatic rings. The molecule has 0 aromatic heterocycles. The Hall–Kier alpha value is -0.830. The number of carbonyl (C=O) groups is 1. The van der Waals surface area contributed by atoms with E-state index in [1.54, 1.807) is 7.11 Å². The molecule has 0 N–H and O–H groups in total. The number of hydrogen-bond acceptors (Lipinski definition) is 2. The Morgan fingerprint density at radius 2 is 2.06 bits per heavy atom. The molecule has 0 heterocycles. The minimum atomic E-state index is -0.0903. The zero-order chi connectivity index (χ0) is 13.0. The summed E-state index contributed by atoms with van der Waals surface area (Å²) in [5, 5.41) is 0. The largest absolute Gasteiger partial charge is 0.496 e. The van der Waals surface area contributed by atoms with Gasteiger partial charge in [0.1, 0.15) is 11.5 Å². The summed E-state index contributed by atoms with van der Waals surface area (Å²) in [5.74, 6) is 1.23. The molecule has 3 heteroatoms. The van der Waals surface area contributed by atoms with Crippen LogP contribution in [0.2, 0.25) is 0 Å². The van der Waals surface area contributed by atoms with Crippen molar-refractivity contribution in [1.29, 1.82) is 0 Å². The Kier molecular flexibility index (Phi) is 5.19. The van der Waals surface area contributed by atoms with Gasteiger partial charge in [-0.05, 0) is 24.1 Å². The Balaban J connectivity index is 3.26. The molecule has 1 aromatic carbocycles. The van der Waals surface area contributed by atoms with Gasteiger partial charge >= 0.3 is 0 Å². The van der Waals surface area contributed by atoms with E-state index >= 15 is 0 Å². The number of methoxy groups -OCH3 is 1. The third-order valence-corrected chi connectivity index (χ3v) is 3.38. The summed E-state index contributed by atoms with van der Waals surface area (Å²) in [6.45, 7) is 6.04. The maximum atomic E-state index is 12.1. The van der Waals surface area contributed by atoms with Crippen LogP contribution in [0, 0.1) is 5.92 Å². The van der Waals surface area contributed by atoms with Gasteiger partial charge in [-0.25, -0.2) is 0 Å². The summed E-state index contributed by atoms with van der Waals surface area (Å²) in [7, 11) is 1.64. The van der Waals surface area contributed by atoms with Gasteiger partial charge in [-0.2, -0.15) is 0 Å². The molecule has 0 spiro atoms. The summed E-state index contributed by atoms with van der Waals surface area (Å²) in [6, 6.07) is 5.81. The van der Waals surface area contributed by atoms with Crippen molar-refractivity contribution >= 4 is 21.7 Å². The Morgan fingerprint density at radius 1 is 1.41 bits per heavy atom. The van der Waals surface area contributed by atoms with Crippen LogP contribution in [0.4, 0.5) is 0 Å². The number of carbonyl (C=O) groups excluding carboxylic acids is 1. The van der Waals surface area contributed by atoms with Crippen LogP contribution in [0.25, 0.3) is 0 Å².